The minimum absolute atomic E-state index is 0.0285. The fourth-order valence-electron chi connectivity index (χ4n) is 2.74. The van der Waals surface area contributed by atoms with E-state index >= 15 is 0 Å². The third-order valence-corrected chi connectivity index (χ3v) is 3.87. The summed E-state index contributed by atoms with van der Waals surface area (Å²) in [5, 5.41) is 3.89. The lowest BCUT2D eigenvalue weighted by Gasteiger charge is -2.21. The summed E-state index contributed by atoms with van der Waals surface area (Å²) >= 11 is 0. The van der Waals surface area contributed by atoms with Crippen molar-refractivity contribution in [1.29, 1.82) is 0 Å². The molecular formula is C18H25N3O2. The van der Waals surface area contributed by atoms with E-state index in [2.05, 4.69) is 10.3 Å². The Balaban J connectivity index is 2.12. The van der Waals surface area contributed by atoms with E-state index in [1.54, 1.807) is 4.90 Å². The number of para-hydroxylation sites is 1. The second-order valence-corrected chi connectivity index (χ2v) is 6.08. The molecule has 0 fully saturated rings. The maximum atomic E-state index is 12.6. The molecule has 0 unspecified atom stereocenters. The van der Waals surface area contributed by atoms with Crippen LogP contribution in [0.15, 0.2) is 24.3 Å². The quantitative estimate of drug-likeness (QED) is 0.859. The first-order valence-electron chi connectivity index (χ1n) is 8.05. The number of amides is 2. The Morgan fingerprint density at radius 3 is 2.61 bits per heavy atom. The largest absolute Gasteiger partial charge is 0.358 e. The van der Waals surface area contributed by atoms with Gasteiger partial charge >= 0.3 is 0 Å². The van der Waals surface area contributed by atoms with Crippen LogP contribution in [0.4, 0.5) is 0 Å². The third-order valence-electron chi connectivity index (χ3n) is 3.87. The van der Waals surface area contributed by atoms with E-state index in [4.69, 9.17) is 0 Å². The number of aromatic amines is 1. The van der Waals surface area contributed by atoms with Crippen molar-refractivity contribution in [3.63, 3.8) is 0 Å². The van der Waals surface area contributed by atoms with Crippen molar-refractivity contribution in [3.05, 3.63) is 35.5 Å². The Bertz CT molecular complexity index is 703. The van der Waals surface area contributed by atoms with Crippen LogP contribution in [-0.4, -0.2) is 40.8 Å². The highest BCUT2D eigenvalue weighted by Crippen LogP contribution is 2.22. The van der Waals surface area contributed by atoms with Gasteiger partial charge in [0, 0.05) is 29.2 Å². The number of benzene rings is 1. The summed E-state index contributed by atoms with van der Waals surface area (Å²) < 4.78 is 0. The fourth-order valence-corrected chi connectivity index (χ4v) is 2.74. The molecule has 2 amide bonds. The van der Waals surface area contributed by atoms with Gasteiger partial charge in [-0.2, -0.15) is 0 Å². The number of nitrogens with one attached hydrogen (secondary N) is 2. The number of aryl methyl sites for hydroxylation is 1. The number of aromatic nitrogens is 1. The van der Waals surface area contributed by atoms with Gasteiger partial charge in [0.05, 0.1) is 13.0 Å². The molecule has 0 bridgehead atoms. The average molecular weight is 315 g/mol. The van der Waals surface area contributed by atoms with E-state index in [1.807, 2.05) is 52.0 Å². The molecule has 1 aromatic carbocycles. The van der Waals surface area contributed by atoms with Gasteiger partial charge in [0.1, 0.15) is 0 Å². The molecule has 0 aliphatic heterocycles. The molecule has 0 aliphatic carbocycles. The van der Waals surface area contributed by atoms with Crippen LogP contribution >= 0.6 is 0 Å². The molecular weight excluding hydrogens is 290 g/mol. The van der Waals surface area contributed by atoms with Crippen molar-refractivity contribution in [2.24, 2.45) is 0 Å². The summed E-state index contributed by atoms with van der Waals surface area (Å²) in [5.41, 5.74) is 3.05. The molecule has 0 spiro atoms. The van der Waals surface area contributed by atoms with Gasteiger partial charge in [-0.05, 0) is 39.3 Å². The fraction of sp³-hybridized carbons (Fsp3) is 0.444. The summed E-state index contributed by atoms with van der Waals surface area (Å²) in [5.74, 6) is -0.148. The van der Waals surface area contributed by atoms with Crippen molar-refractivity contribution in [1.82, 2.24) is 15.2 Å². The Morgan fingerprint density at radius 2 is 1.96 bits per heavy atom. The summed E-state index contributed by atoms with van der Waals surface area (Å²) in [7, 11) is 0. The second kappa shape index (κ2) is 7.31. The molecule has 1 heterocycles. The normalized spacial score (nSPS) is 11.0. The molecule has 124 valence electrons. The lowest BCUT2D eigenvalue weighted by molar-refractivity contribution is -0.135. The molecule has 2 rings (SSSR count). The minimum Gasteiger partial charge on any atom is -0.358 e. The van der Waals surface area contributed by atoms with Crippen molar-refractivity contribution >= 4 is 22.7 Å². The lowest BCUT2D eigenvalue weighted by atomic mass is 10.1. The molecule has 2 N–H and O–H groups in total. The van der Waals surface area contributed by atoms with Crippen LogP contribution in [0.5, 0.6) is 0 Å². The topological polar surface area (TPSA) is 65.2 Å². The van der Waals surface area contributed by atoms with E-state index in [9.17, 15) is 9.59 Å². The number of H-pyrrole nitrogens is 1. The van der Waals surface area contributed by atoms with Gasteiger partial charge in [0.2, 0.25) is 11.8 Å². The number of nitrogens with zero attached hydrogens (tertiary/aromatic N) is 1. The molecule has 0 atom stereocenters. The van der Waals surface area contributed by atoms with Gasteiger partial charge in [-0.3, -0.25) is 9.59 Å². The maximum absolute atomic E-state index is 12.6. The first-order chi connectivity index (χ1) is 10.9. The summed E-state index contributed by atoms with van der Waals surface area (Å²) in [4.78, 5) is 29.4. The van der Waals surface area contributed by atoms with Gasteiger partial charge < -0.3 is 15.2 Å². The Morgan fingerprint density at radius 1 is 1.26 bits per heavy atom. The summed E-state index contributed by atoms with van der Waals surface area (Å²) in [6, 6.07) is 8.04. The Kier molecular flexibility index (Phi) is 5.42. The molecule has 5 nitrogen and oxygen atoms in total. The number of rotatable bonds is 6. The number of carbonyl (C=O) groups is 2. The van der Waals surface area contributed by atoms with Gasteiger partial charge in [-0.15, -0.1) is 0 Å². The van der Waals surface area contributed by atoms with Crippen LogP contribution in [0.2, 0.25) is 0 Å². The predicted octanol–water partition coefficient (Wildman–Crippen LogP) is 2.39. The highest BCUT2D eigenvalue weighted by atomic mass is 16.2. The van der Waals surface area contributed by atoms with Crippen LogP contribution in [0.25, 0.3) is 10.9 Å². The van der Waals surface area contributed by atoms with Crippen LogP contribution in [-0.2, 0) is 16.0 Å². The molecule has 23 heavy (non-hydrogen) atoms. The number of carbonyl (C=O) groups excluding carboxylic acids is 2. The van der Waals surface area contributed by atoms with Crippen LogP contribution in [0.1, 0.15) is 32.0 Å². The maximum Gasteiger partial charge on any atom is 0.239 e. The number of fused-ring (bicyclic) bond motifs is 1. The van der Waals surface area contributed by atoms with Gasteiger partial charge in [-0.1, -0.05) is 18.2 Å². The van der Waals surface area contributed by atoms with Crippen LogP contribution in [0.3, 0.4) is 0 Å². The van der Waals surface area contributed by atoms with Gasteiger partial charge in [0.15, 0.2) is 0 Å². The highest BCUT2D eigenvalue weighted by Gasteiger charge is 2.19. The Labute approximate surface area is 137 Å². The minimum atomic E-state index is -0.120. The smallest absolute Gasteiger partial charge is 0.239 e. The first kappa shape index (κ1) is 17.1. The number of likely N-dealkylation sites (N-methyl/N-ethyl adjacent to an activating group) is 1. The number of hydrogen-bond donors (Lipinski definition) is 2. The van der Waals surface area contributed by atoms with Crippen molar-refractivity contribution in [2.45, 2.75) is 40.2 Å². The first-order valence-corrected chi connectivity index (χ1v) is 8.05. The van der Waals surface area contributed by atoms with E-state index in [0.29, 0.717) is 13.0 Å². The SMILES string of the molecule is CCN(CC(=O)NC(C)C)C(=O)Cc1c(C)[nH]c2ccccc12. The van der Waals surface area contributed by atoms with Crippen LogP contribution < -0.4 is 5.32 Å². The molecule has 0 aliphatic rings. The van der Waals surface area contributed by atoms with E-state index in [1.165, 1.54) is 0 Å². The van der Waals surface area contributed by atoms with Crippen molar-refractivity contribution in [2.75, 3.05) is 13.1 Å². The van der Waals surface area contributed by atoms with Crippen molar-refractivity contribution in [3.8, 4) is 0 Å². The zero-order valence-corrected chi connectivity index (χ0v) is 14.3. The molecule has 0 saturated heterocycles. The standard InChI is InChI=1S/C18H25N3O2/c1-5-21(11-17(22)19-12(2)3)18(23)10-15-13(4)20-16-9-7-6-8-14(15)16/h6-9,12,20H,5,10-11H2,1-4H3,(H,19,22). The van der Waals surface area contributed by atoms with Gasteiger partial charge in [0.25, 0.3) is 0 Å². The van der Waals surface area contributed by atoms with E-state index in [-0.39, 0.29) is 24.4 Å². The molecule has 1 aromatic heterocycles. The zero-order valence-electron chi connectivity index (χ0n) is 14.3. The summed E-state index contributed by atoms with van der Waals surface area (Å²) in [6.07, 6.45) is 0.304. The average Bonchev–Trinajstić information content (AvgIpc) is 2.80. The third kappa shape index (κ3) is 4.12. The van der Waals surface area contributed by atoms with E-state index in [0.717, 1.165) is 22.2 Å². The molecule has 5 heteroatoms. The second-order valence-electron chi connectivity index (χ2n) is 6.08. The highest BCUT2D eigenvalue weighted by molar-refractivity contribution is 5.91. The molecule has 0 radical (unpaired) electrons. The Hall–Kier alpha value is -2.30. The number of hydrogen-bond acceptors (Lipinski definition) is 2. The summed E-state index contributed by atoms with van der Waals surface area (Å²) in [6.45, 7) is 8.31. The van der Waals surface area contributed by atoms with Crippen LogP contribution in [0, 0.1) is 6.92 Å². The lowest BCUT2D eigenvalue weighted by Crippen LogP contribution is -2.43. The molecule has 0 saturated carbocycles. The van der Waals surface area contributed by atoms with E-state index < -0.39 is 0 Å². The predicted molar refractivity (Wildman–Crippen MR) is 92.3 cm³/mol. The molecule has 2 aromatic rings. The van der Waals surface area contributed by atoms with Crippen molar-refractivity contribution < 1.29 is 9.59 Å². The van der Waals surface area contributed by atoms with Gasteiger partial charge in [-0.25, -0.2) is 0 Å². The zero-order chi connectivity index (χ0) is 17.0. The monoisotopic (exact) mass is 315 g/mol.